The molecule has 2 rings (SSSR count). The van der Waals surface area contributed by atoms with E-state index in [-0.39, 0.29) is 12.1 Å². The number of urea groups is 1. The largest absolute Gasteiger partial charge is 0.335 e. The molecule has 18 heavy (non-hydrogen) atoms. The van der Waals surface area contributed by atoms with Gasteiger partial charge in [-0.15, -0.1) is 0 Å². The minimum absolute atomic E-state index is 0.169. The van der Waals surface area contributed by atoms with Crippen LogP contribution in [0.25, 0.3) is 0 Å². The standard InChI is InChI=1S/C13H18ClN3O/c14-9-1-5-11(6-2-9)16-13(18)17-12-7-3-10(15)4-8-12/h1-2,5-6,10,12H,3-4,7-8,15H2,(H2,16,17,18). The van der Waals surface area contributed by atoms with Gasteiger partial charge in [-0.25, -0.2) is 4.79 Å². The number of hydrogen-bond donors (Lipinski definition) is 3. The Labute approximate surface area is 112 Å². The highest BCUT2D eigenvalue weighted by Crippen LogP contribution is 2.17. The van der Waals surface area contributed by atoms with E-state index in [1.54, 1.807) is 24.3 Å². The maximum Gasteiger partial charge on any atom is 0.319 e. The van der Waals surface area contributed by atoms with Gasteiger partial charge < -0.3 is 16.4 Å². The van der Waals surface area contributed by atoms with Crippen molar-refractivity contribution in [1.29, 1.82) is 0 Å². The zero-order valence-corrected chi connectivity index (χ0v) is 10.9. The minimum atomic E-state index is -0.169. The number of nitrogens with two attached hydrogens (primary N) is 1. The monoisotopic (exact) mass is 267 g/mol. The first-order valence-corrected chi connectivity index (χ1v) is 6.60. The normalized spacial score (nSPS) is 23.4. The van der Waals surface area contributed by atoms with E-state index in [0.29, 0.717) is 11.1 Å². The highest BCUT2D eigenvalue weighted by atomic mass is 35.5. The van der Waals surface area contributed by atoms with Crippen molar-refractivity contribution in [3.8, 4) is 0 Å². The van der Waals surface area contributed by atoms with Gasteiger partial charge in [0.2, 0.25) is 0 Å². The molecule has 1 saturated carbocycles. The average Bonchev–Trinajstić information content (AvgIpc) is 2.35. The molecule has 0 aromatic heterocycles. The highest BCUT2D eigenvalue weighted by Gasteiger charge is 2.19. The molecule has 0 spiro atoms. The van der Waals surface area contributed by atoms with Crippen molar-refractivity contribution >= 4 is 23.3 Å². The summed E-state index contributed by atoms with van der Waals surface area (Å²) in [6.07, 6.45) is 3.86. The molecular weight excluding hydrogens is 250 g/mol. The number of carbonyl (C=O) groups excluding carboxylic acids is 1. The Morgan fingerprint density at radius 1 is 1.17 bits per heavy atom. The molecule has 0 unspecified atom stereocenters. The van der Waals surface area contributed by atoms with Crippen molar-refractivity contribution in [3.63, 3.8) is 0 Å². The van der Waals surface area contributed by atoms with Crippen LogP contribution in [0.3, 0.4) is 0 Å². The molecule has 1 fully saturated rings. The number of nitrogens with one attached hydrogen (secondary N) is 2. The van der Waals surface area contributed by atoms with Gasteiger partial charge in [0.15, 0.2) is 0 Å². The van der Waals surface area contributed by atoms with E-state index in [2.05, 4.69) is 10.6 Å². The van der Waals surface area contributed by atoms with Gasteiger partial charge in [-0.1, -0.05) is 11.6 Å². The lowest BCUT2D eigenvalue weighted by Crippen LogP contribution is -2.42. The summed E-state index contributed by atoms with van der Waals surface area (Å²) in [5.41, 5.74) is 6.56. The molecule has 4 N–H and O–H groups in total. The van der Waals surface area contributed by atoms with E-state index in [1.807, 2.05) is 0 Å². The molecule has 4 nitrogen and oxygen atoms in total. The fourth-order valence-electron chi connectivity index (χ4n) is 2.15. The molecule has 0 heterocycles. The van der Waals surface area contributed by atoms with Gasteiger partial charge in [-0.3, -0.25) is 0 Å². The van der Waals surface area contributed by atoms with Crippen LogP contribution >= 0.6 is 11.6 Å². The number of hydrogen-bond acceptors (Lipinski definition) is 2. The Morgan fingerprint density at radius 2 is 1.78 bits per heavy atom. The molecule has 1 aliphatic rings. The van der Waals surface area contributed by atoms with Crippen LogP contribution in [0, 0.1) is 0 Å². The predicted octanol–water partition coefficient (Wildman–Crippen LogP) is 2.73. The van der Waals surface area contributed by atoms with Gasteiger partial charge in [0.05, 0.1) is 0 Å². The van der Waals surface area contributed by atoms with Gasteiger partial charge in [-0.05, 0) is 49.9 Å². The molecule has 5 heteroatoms. The zero-order chi connectivity index (χ0) is 13.0. The molecule has 0 radical (unpaired) electrons. The summed E-state index contributed by atoms with van der Waals surface area (Å²) in [6, 6.07) is 7.41. The maximum absolute atomic E-state index is 11.8. The number of halogens is 1. The fraction of sp³-hybridized carbons (Fsp3) is 0.462. The Bertz CT molecular complexity index is 399. The molecule has 1 aliphatic carbocycles. The van der Waals surface area contributed by atoms with E-state index >= 15 is 0 Å². The maximum atomic E-state index is 11.8. The van der Waals surface area contributed by atoms with Crippen LogP contribution in [0.15, 0.2) is 24.3 Å². The smallest absolute Gasteiger partial charge is 0.319 e. The second-order valence-corrected chi connectivity index (χ2v) is 5.15. The van der Waals surface area contributed by atoms with E-state index in [0.717, 1.165) is 31.4 Å². The lowest BCUT2D eigenvalue weighted by atomic mass is 9.92. The number of amides is 2. The SMILES string of the molecule is NC1CCC(NC(=O)Nc2ccc(Cl)cc2)CC1. The molecule has 0 bridgehead atoms. The summed E-state index contributed by atoms with van der Waals surface area (Å²) < 4.78 is 0. The van der Waals surface area contributed by atoms with Crippen LogP contribution in [-0.2, 0) is 0 Å². The number of rotatable bonds is 2. The second kappa shape index (κ2) is 6.07. The minimum Gasteiger partial charge on any atom is -0.335 e. The third kappa shape index (κ3) is 3.89. The second-order valence-electron chi connectivity index (χ2n) is 4.72. The lowest BCUT2D eigenvalue weighted by molar-refractivity contribution is 0.242. The average molecular weight is 268 g/mol. The van der Waals surface area contributed by atoms with Gasteiger partial charge in [0.1, 0.15) is 0 Å². The summed E-state index contributed by atoms with van der Waals surface area (Å²) in [6.45, 7) is 0. The van der Waals surface area contributed by atoms with Crippen LogP contribution in [0.4, 0.5) is 10.5 Å². The first-order valence-electron chi connectivity index (χ1n) is 6.22. The van der Waals surface area contributed by atoms with Crippen molar-refractivity contribution in [3.05, 3.63) is 29.3 Å². The van der Waals surface area contributed by atoms with Crippen molar-refractivity contribution in [2.45, 2.75) is 37.8 Å². The van der Waals surface area contributed by atoms with Gasteiger partial charge in [0, 0.05) is 22.8 Å². The van der Waals surface area contributed by atoms with Crippen LogP contribution in [0.1, 0.15) is 25.7 Å². The molecule has 1 aromatic rings. The predicted molar refractivity (Wildman–Crippen MR) is 73.8 cm³/mol. The summed E-state index contributed by atoms with van der Waals surface area (Å²) in [7, 11) is 0. The van der Waals surface area contributed by atoms with Crippen molar-refractivity contribution < 1.29 is 4.79 Å². The Balaban J connectivity index is 1.80. The third-order valence-electron chi connectivity index (χ3n) is 3.21. The summed E-state index contributed by atoms with van der Waals surface area (Å²) >= 11 is 5.78. The number of anilines is 1. The summed E-state index contributed by atoms with van der Waals surface area (Å²) in [5.74, 6) is 0. The summed E-state index contributed by atoms with van der Waals surface area (Å²) in [4.78, 5) is 11.8. The zero-order valence-electron chi connectivity index (χ0n) is 10.2. The van der Waals surface area contributed by atoms with E-state index in [9.17, 15) is 4.79 Å². The summed E-state index contributed by atoms with van der Waals surface area (Å²) in [5, 5.41) is 6.41. The molecule has 1 aromatic carbocycles. The van der Waals surface area contributed by atoms with Crippen molar-refractivity contribution in [2.24, 2.45) is 5.73 Å². The molecular formula is C13H18ClN3O. The topological polar surface area (TPSA) is 67.1 Å². The van der Waals surface area contributed by atoms with Gasteiger partial charge >= 0.3 is 6.03 Å². The quantitative estimate of drug-likeness (QED) is 0.771. The molecule has 98 valence electrons. The van der Waals surface area contributed by atoms with Crippen LogP contribution < -0.4 is 16.4 Å². The first kappa shape index (κ1) is 13.2. The Kier molecular flexibility index (Phi) is 4.44. The van der Waals surface area contributed by atoms with Crippen LogP contribution in [-0.4, -0.2) is 18.1 Å². The number of carbonyl (C=O) groups is 1. The third-order valence-corrected chi connectivity index (χ3v) is 3.46. The lowest BCUT2D eigenvalue weighted by Gasteiger charge is -2.26. The highest BCUT2D eigenvalue weighted by molar-refractivity contribution is 6.30. The van der Waals surface area contributed by atoms with Crippen molar-refractivity contribution in [1.82, 2.24) is 5.32 Å². The van der Waals surface area contributed by atoms with E-state index < -0.39 is 0 Å². The van der Waals surface area contributed by atoms with Crippen molar-refractivity contribution in [2.75, 3.05) is 5.32 Å². The van der Waals surface area contributed by atoms with Crippen LogP contribution in [0.5, 0.6) is 0 Å². The molecule has 0 atom stereocenters. The number of benzene rings is 1. The molecule has 0 saturated heterocycles. The Morgan fingerprint density at radius 3 is 2.39 bits per heavy atom. The van der Waals surface area contributed by atoms with E-state index in [4.69, 9.17) is 17.3 Å². The van der Waals surface area contributed by atoms with Gasteiger partial charge in [0.25, 0.3) is 0 Å². The first-order chi connectivity index (χ1) is 8.63. The molecule has 0 aliphatic heterocycles. The fourth-order valence-corrected chi connectivity index (χ4v) is 2.28. The van der Waals surface area contributed by atoms with Crippen LogP contribution in [0.2, 0.25) is 5.02 Å². The Hall–Kier alpha value is -1.26. The van der Waals surface area contributed by atoms with E-state index in [1.165, 1.54) is 0 Å². The molecule has 2 amide bonds. The van der Waals surface area contributed by atoms with Gasteiger partial charge in [-0.2, -0.15) is 0 Å².